The Bertz CT molecular complexity index is 1530. The van der Waals surface area contributed by atoms with Crippen LogP contribution in [0.3, 0.4) is 0 Å². The van der Waals surface area contributed by atoms with Crippen molar-refractivity contribution in [2.75, 3.05) is 14.2 Å². The molecule has 0 atom stereocenters. The molecule has 5 aromatic rings. The second kappa shape index (κ2) is 12.8. The number of benzene rings is 4. The predicted molar refractivity (Wildman–Crippen MR) is 163 cm³/mol. The van der Waals surface area contributed by atoms with E-state index in [9.17, 15) is 9.59 Å². The van der Waals surface area contributed by atoms with Gasteiger partial charge in [0, 0.05) is 26.1 Å². The van der Waals surface area contributed by atoms with Gasteiger partial charge in [0.05, 0.1) is 30.9 Å². The average Bonchev–Trinajstić information content (AvgIpc) is 3.38. The lowest BCUT2D eigenvalue weighted by Gasteiger charge is -2.25. The maximum absolute atomic E-state index is 12.2. The molecule has 5 rings (SSSR count). The topological polar surface area (TPSA) is 57.5 Å². The van der Waals surface area contributed by atoms with Crippen molar-refractivity contribution in [2.45, 2.75) is 25.7 Å². The predicted octanol–water partition coefficient (Wildman–Crippen LogP) is 5.60. The summed E-state index contributed by atoms with van der Waals surface area (Å²) in [5, 5.41) is 3.63. The van der Waals surface area contributed by atoms with Crippen LogP contribution in [-0.2, 0) is 31.9 Å². The lowest BCUT2D eigenvalue weighted by molar-refractivity contribution is -0.141. The summed E-state index contributed by atoms with van der Waals surface area (Å²) in [6, 6.07) is 38.1. The Kier molecular flexibility index (Phi) is 8.73. The molecule has 6 heteroatoms. The highest BCUT2D eigenvalue weighted by Gasteiger charge is 2.25. The van der Waals surface area contributed by atoms with E-state index in [1.807, 2.05) is 18.2 Å². The van der Waals surface area contributed by atoms with Gasteiger partial charge in [0.2, 0.25) is 0 Å². The van der Waals surface area contributed by atoms with Crippen LogP contribution < -0.4 is 16.0 Å². The maximum atomic E-state index is 12.2. The van der Waals surface area contributed by atoms with E-state index in [0.717, 1.165) is 27.7 Å². The normalized spacial score (nSPS) is 11.1. The molecule has 1 aromatic heterocycles. The maximum Gasteiger partial charge on any atom is 0.305 e. The average molecular weight is 550 g/mol. The molecule has 0 bridgehead atoms. The summed E-state index contributed by atoms with van der Waals surface area (Å²) in [5.74, 6) is -0.501. The minimum atomic E-state index is -0.932. The van der Waals surface area contributed by atoms with Crippen LogP contribution in [0.2, 0.25) is 0 Å². The molecule has 0 aliphatic carbocycles. The van der Waals surface area contributed by atoms with E-state index < -0.39 is 7.92 Å². The number of methoxy groups -OCH3 is 2. The molecule has 1 heterocycles. The first-order valence-corrected chi connectivity index (χ1v) is 14.7. The van der Waals surface area contributed by atoms with Gasteiger partial charge in [-0.1, -0.05) is 97.1 Å². The molecule has 0 saturated heterocycles. The summed E-state index contributed by atoms with van der Waals surface area (Å²) < 4.78 is 12.3. The number of aryl methyl sites for hydroxylation is 2. The third-order valence-corrected chi connectivity index (χ3v) is 9.44. The fourth-order valence-electron chi connectivity index (χ4n) is 5.12. The van der Waals surface area contributed by atoms with Crippen molar-refractivity contribution in [3.05, 3.63) is 120 Å². The molecule has 0 amide bonds. The van der Waals surface area contributed by atoms with E-state index >= 15 is 0 Å². The molecular formula is C34H32NO4P. The minimum absolute atomic E-state index is 0.251. The van der Waals surface area contributed by atoms with Gasteiger partial charge in [-0.3, -0.25) is 9.59 Å². The van der Waals surface area contributed by atoms with E-state index in [0.29, 0.717) is 12.8 Å². The molecule has 0 aliphatic rings. The second-order valence-electron chi connectivity index (χ2n) is 9.48. The van der Waals surface area contributed by atoms with Crippen LogP contribution in [0.5, 0.6) is 0 Å². The van der Waals surface area contributed by atoms with Crippen LogP contribution >= 0.6 is 7.92 Å². The number of carbonyl (C=O) groups excluding carboxylic acids is 2. The third kappa shape index (κ3) is 5.85. The Morgan fingerprint density at radius 1 is 0.650 bits per heavy atom. The minimum Gasteiger partial charge on any atom is -0.469 e. The summed E-state index contributed by atoms with van der Waals surface area (Å²) in [6.45, 7) is 0. The SMILES string of the molecule is COC(=O)CCc1cccc(CCC(=O)OC)c1-n1c(P(c2ccccc2)c2ccccc2)cc2ccccc21. The van der Waals surface area contributed by atoms with Gasteiger partial charge >= 0.3 is 11.9 Å². The number of hydrogen-bond donors (Lipinski definition) is 0. The van der Waals surface area contributed by atoms with E-state index in [2.05, 4.69) is 95.6 Å². The molecule has 0 fully saturated rings. The van der Waals surface area contributed by atoms with Crippen molar-refractivity contribution in [2.24, 2.45) is 0 Å². The fraction of sp³-hybridized carbons (Fsp3) is 0.176. The monoisotopic (exact) mass is 549 g/mol. The molecule has 40 heavy (non-hydrogen) atoms. The van der Waals surface area contributed by atoms with Gasteiger partial charge in [0.1, 0.15) is 0 Å². The number of aromatic nitrogens is 1. The number of carbonyl (C=O) groups is 2. The summed E-state index contributed by atoms with van der Waals surface area (Å²) >= 11 is 0. The molecule has 0 spiro atoms. The van der Waals surface area contributed by atoms with Gasteiger partial charge in [-0.25, -0.2) is 0 Å². The summed E-state index contributed by atoms with van der Waals surface area (Å²) in [4.78, 5) is 24.4. The van der Waals surface area contributed by atoms with Crippen LogP contribution in [0, 0.1) is 0 Å². The smallest absolute Gasteiger partial charge is 0.305 e. The number of rotatable bonds is 10. The van der Waals surface area contributed by atoms with E-state index in [1.165, 1.54) is 30.3 Å². The van der Waals surface area contributed by atoms with Crippen molar-refractivity contribution >= 4 is 46.8 Å². The van der Waals surface area contributed by atoms with Crippen molar-refractivity contribution in [1.29, 1.82) is 0 Å². The zero-order valence-electron chi connectivity index (χ0n) is 22.7. The van der Waals surface area contributed by atoms with Crippen LogP contribution in [-0.4, -0.2) is 30.7 Å². The van der Waals surface area contributed by atoms with Gasteiger partial charge in [0.25, 0.3) is 0 Å². The Morgan fingerprint density at radius 2 is 1.15 bits per heavy atom. The summed E-state index contributed by atoms with van der Waals surface area (Å²) in [5.41, 5.74) is 5.35. The molecule has 0 N–H and O–H groups in total. The number of fused-ring (bicyclic) bond motifs is 1. The zero-order valence-corrected chi connectivity index (χ0v) is 23.6. The molecule has 0 aliphatic heterocycles. The molecule has 202 valence electrons. The van der Waals surface area contributed by atoms with Crippen molar-refractivity contribution in [3.8, 4) is 5.69 Å². The number of hydrogen-bond acceptors (Lipinski definition) is 4. The number of esters is 2. The zero-order chi connectivity index (χ0) is 27.9. The molecule has 0 unspecified atom stereocenters. The molecule has 0 radical (unpaired) electrons. The molecular weight excluding hydrogens is 517 g/mol. The number of para-hydroxylation sites is 2. The fourth-order valence-corrected chi connectivity index (χ4v) is 7.56. The van der Waals surface area contributed by atoms with E-state index in [4.69, 9.17) is 9.47 Å². The van der Waals surface area contributed by atoms with Gasteiger partial charge in [-0.2, -0.15) is 0 Å². The lowest BCUT2D eigenvalue weighted by atomic mass is 9.99. The quantitative estimate of drug-likeness (QED) is 0.168. The number of nitrogens with zero attached hydrogens (tertiary/aromatic N) is 1. The second-order valence-corrected chi connectivity index (χ2v) is 11.6. The number of ether oxygens (including phenoxy) is 2. The lowest BCUT2D eigenvalue weighted by Crippen LogP contribution is -2.26. The van der Waals surface area contributed by atoms with Crippen molar-refractivity contribution in [1.82, 2.24) is 4.57 Å². The third-order valence-electron chi connectivity index (χ3n) is 7.03. The van der Waals surface area contributed by atoms with Crippen LogP contribution in [0.4, 0.5) is 0 Å². The Labute approximate surface area is 236 Å². The van der Waals surface area contributed by atoms with Gasteiger partial charge < -0.3 is 14.0 Å². The highest BCUT2D eigenvalue weighted by Crippen LogP contribution is 2.38. The Hall–Kier alpha value is -4.21. The van der Waals surface area contributed by atoms with E-state index in [1.54, 1.807) is 0 Å². The standard InChI is InChI=1S/C34H32NO4P/c1-38-32(36)22-20-25-13-11-14-26(21-23-33(37)39-2)34(25)35-30-19-10-9-12-27(30)24-31(35)40(28-15-5-3-6-16-28)29-17-7-4-8-18-29/h3-19,24H,20-23H2,1-2H3. The van der Waals surface area contributed by atoms with Gasteiger partial charge in [-0.15, -0.1) is 0 Å². The first kappa shape index (κ1) is 27.4. The van der Waals surface area contributed by atoms with Gasteiger partial charge in [-0.05, 0) is 46.7 Å². The molecule has 4 aromatic carbocycles. The highest BCUT2D eigenvalue weighted by atomic mass is 31.1. The van der Waals surface area contributed by atoms with Crippen LogP contribution in [0.1, 0.15) is 24.0 Å². The Balaban J connectivity index is 1.79. The largest absolute Gasteiger partial charge is 0.469 e. The summed E-state index contributed by atoms with van der Waals surface area (Å²) in [6.07, 6.45) is 1.58. The van der Waals surface area contributed by atoms with Gasteiger partial charge in [0.15, 0.2) is 0 Å². The van der Waals surface area contributed by atoms with Crippen molar-refractivity contribution in [3.63, 3.8) is 0 Å². The Morgan fingerprint density at radius 3 is 1.68 bits per heavy atom. The first-order chi connectivity index (χ1) is 19.6. The van der Waals surface area contributed by atoms with E-state index in [-0.39, 0.29) is 24.8 Å². The van der Waals surface area contributed by atoms with Crippen LogP contribution in [0.15, 0.2) is 109 Å². The first-order valence-electron chi connectivity index (χ1n) is 13.4. The van der Waals surface area contributed by atoms with Crippen LogP contribution in [0.25, 0.3) is 16.6 Å². The summed E-state index contributed by atoms with van der Waals surface area (Å²) in [7, 11) is 1.90. The molecule has 0 saturated carbocycles. The molecule has 5 nitrogen and oxygen atoms in total. The highest BCUT2D eigenvalue weighted by molar-refractivity contribution is 7.79. The van der Waals surface area contributed by atoms with Crippen molar-refractivity contribution < 1.29 is 19.1 Å².